The smallest absolute Gasteiger partial charge is 0.254 e. The van der Waals surface area contributed by atoms with E-state index in [1.165, 1.54) is 11.3 Å². The van der Waals surface area contributed by atoms with Crippen LogP contribution >= 0.6 is 12.1 Å². The Morgan fingerprint density at radius 3 is 2.69 bits per heavy atom. The molecule has 35 heavy (non-hydrogen) atoms. The fraction of sp³-hybridized carbons (Fsp3) is 0.321. The first-order valence-electron chi connectivity index (χ1n) is 12.0. The molecule has 1 fully saturated rings. The maximum atomic E-state index is 13.2. The second-order valence-electron chi connectivity index (χ2n) is 9.16. The molecule has 0 saturated carbocycles. The Morgan fingerprint density at radius 2 is 1.83 bits per heavy atom. The number of nitrogens with zero attached hydrogens (tertiary/aromatic N) is 2. The summed E-state index contributed by atoms with van der Waals surface area (Å²) in [6, 6.07) is 22.5. The topological polar surface area (TPSA) is 54.0 Å². The van der Waals surface area contributed by atoms with Gasteiger partial charge in [-0.3, -0.25) is 9.10 Å². The van der Waals surface area contributed by atoms with Crippen molar-refractivity contribution in [2.45, 2.75) is 32.5 Å². The summed E-state index contributed by atoms with van der Waals surface area (Å²) in [5.74, 6) is 0.780. The molecule has 2 aliphatic heterocycles. The summed E-state index contributed by atoms with van der Waals surface area (Å²) < 4.78 is 17.8. The highest BCUT2D eigenvalue weighted by Crippen LogP contribution is 2.34. The summed E-state index contributed by atoms with van der Waals surface area (Å²) in [6.45, 7) is 5.96. The van der Waals surface area contributed by atoms with Gasteiger partial charge in [-0.1, -0.05) is 42.0 Å². The molecule has 1 saturated heterocycles. The molecule has 1 N–H and O–H groups in total. The maximum absolute atomic E-state index is 13.2. The van der Waals surface area contributed by atoms with Gasteiger partial charge in [0.1, 0.15) is 18.0 Å². The lowest BCUT2D eigenvalue weighted by molar-refractivity contribution is 0.0340. The van der Waals surface area contributed by atoms with E-state index in [0.29, 0.717) is 13.1 Å². The Kier molecular flexibility index (Phi) is 6.88. The molecule has 2 aliphatic rings. The molecule has 0 spiro atoms. The van der Waals surface area contributed by atoms with E-state index in [9.17, 15) is 4.79 Å². The van der Waals surface area contributed by atoms with Crippen molar-refractivity contribution in [1.29, 1.82) is 0 Å². The molecule has 7 heteroatoms. The van der Waals surface area contributed by atoms with E-state index in [-0.39, 0.29) is 18.1 Å². The van der Waals surface area contributed by atoms with Crippen LogP contribution < -0.4 is 13.8 Å². The van der Waals surface area contributed by atoms with Crippen LogP contribution in [0.1, 0.15) is 27.0 Å². The monoisotopic (exact) mass is 489 g/mol. The molecule has 2 unspecified atom stereocenters. The number of hydrogen-bond acceptors (Lipinski definition) is 6. The highest BCUT2D eigenvalue weighted by molar-refractivity contribution is 8.01. The number of likely N-dealkylation sites (tertiary alicyclic amines) is 1. The molecule has 2 atom stereocenters. The number of rotatable bonds is 7. The first-order chi connectivity index (χ1) is 17.0. The molecule has 5 rings (SSSR count). The van der Waals surface area contributed by atoms with Crippen molar-refractivity contribution < 1.29 is 14.3 Å². The van der Waals surface area contributed by atoms with Crippen molar-refractivity contribution in [2.75, 3.05) is 35.8 Å². The summed E-state index contributed by atoms with van der Waals surface area (Å²) in [5.41, 5.74) is 6.41. The Labute approximate surface area is 211 Å². The number of hydrogen-bond donors (Lipinski definition) is 1. The third-order valence-corrected chi connectivity index (χ3v) is 7.60. The predicted octanol–water partition coefficient (Wildman–Crippen LogP) is 5.26. The zero-order chi connectivity index (χ0) is 24.4. The second-order valence-corrected chi connectivity index (χ2v) is 9.99. The number of methoxy groups -OCH3 is 1. The number of carbonyl (C=O) groups excluding carboxylic acids is 1. The Balaban J connectivity index is 1.23. The van der Waals surface area contributed by atoms with Crippen molar-refractivity contribution in [3.05, 3.63) is 89.0 Å². The number of nitrogens with one attached hydrogen (secondary N) is 1. The zero-order valence-electron chi connectivity index (χ0n) is 20.4. The molecule has 182 valence electrons. The average Bonchev–Trinajstić information content (AvgIpc) is 3.48. The Morgan fingerprint density at radius 1 is 1.00 bits per heavy atom. The lowest BCUT2D eigenvalue weighted by Crippen LogP contribution is -2.32. The fourth-order valence-corrected chi connectivity index (χ4v) is 5.51. The van der Waals surface area contributed by atoms with Gasteiger partial charge in [0.2, 0.25) is 0 Å². The van der Waals surface area contributed by atoms with Crippen LogP contribution in [-0.4, -0.2) is 49.8 Å². The standard InChI is InChI=1S/C28H31N3O3S/c1-19-11-12-20(2)24(15-19)28(32)30-17-26(33-3)27(18-30)34-23-9-6-8-22(16-23)29-35-31-14-13-21-7-4-5-10-25(21)31/h4-12,15-16,26-27,29H,13-14,17-18H2,1-3H3. The average molecular weight is 490 g/mol. The van der Waals surface area contributed by atoms with Crippen molar-refractivity contribution in [2.24, 2.45) is 0 Å². The number of para-hydroxylation sites is 1. The molecule has 3 aromatic rings. The molecular formula is C28H31N3O3S. The summed E-state index contributed by atoms with van der Waals surface area (Å²) in [4.78, 5) is 15.1. The number of benzene rings is 3. The third kappa shape index (κ3) is 5.11. The number of amides is 1. The predicted molar refractivity (Wildman–Crippen MR) is 142 cm³/mol. The highest BCUT2D eigenvalue weighted by atomic mass is 32.2. The molecule has 1 amide bonds. The molecule has 0 aliphatic carbocycles. The highest BCUT2D eigenvalue weighted by Gasteiger charge is 2.37. The number of fused-ring (bicyclic) bond motifs is 1. The Bertz CT molecular complexity index is 1220. The van der Waals surface area contributed by atoms with E-state index in [2.05, 4.69) is 33.3 Å². The van der Waals surface area contributed by atoms with Gasteiger partial charge in [0.25, 0.3) is 5.91 Å². The summed E-state index contributed by atoms with van der Waals surface area (Å²) in [5, 5.41) is 0. The number of ether oxygens (including phenoxy) is 2. The van der Waals surface area contributed by atoms with Crippen LogP contribution in [0.4, 0.5) is 11.4 Å². The lowest BCUT2D eigenvalue weighted by Gasteiger charge is -2.20. The van der Waals surface area contributed by atoms with Crippen LogP contribution in [0.2, 0.25) is 0 Å². The van der Waals surface area contributed by atoms with Gasteiger partial charge in [0.05, 0.1) is 30.9 Å². The van der Waals surface area contributed by atoms with Crippen LogP contribution in [0.25, 0.3) is 0 Å². The van der Waals surface area contributed by atoms with Crippen LogP contribution in [0.3, 0.4) is 0 Å². The van der Waals surface area contributed by atoms with E-state index >= 15 is 0 Å². The zero-order valence-corrected chi connectivity index (χ0v) is 21.2. The van der Waals surface area contributed by atoms with Crippen molar-refractivity contribution in [3.63, 3.8) is 0 Å². The van der Waals surface area contributed by atoms with E-state index in [0.717, 1.165) is 41.1 Å². The third-order valence-electron chi connectivity index (χ3n) is 6.67. The van der Waals surface area contributed by atoms with E-state index < -0.39 is 0 Å². The number of aryl methyl sites for hydroxylation is 2. The summed E-state index contributed by atoms with van der Waals surface area (Å²) in [6.07, 6.45) is 0.643. The quantitative estimate of drug-likeness (QED) is 0.457. The van der Waals surface area contributed by atoms with Gasteiger partial charge in [0, 0.05) is 31.0 Å². The normalized spacial score (nSPS) is 19.1. The van der Waals surface area contributed by atoms with Crippen molar-refractivity contribution in [1.82, 2.24) is 4.90 Å². The van der Waals surface area contributed by atoms with Gasteiger partial charge in [-0.2, -0.15) is 0 Å². The van der Waals surface area contributed by atoms with Gasteiger partial charge in [-0.15, -0.1) is 0 Å². The van der Waals surface area contributed by atoms with Crippen LogP contribution in [-0.2, 0) is 11.2 Å². The second kappa shape index (κ2) is 10.2. The molecule has 2 heterocycles. The minimum Gasteiger partial charge on any atom is -0.486 e. The minimum atomic E-state index is -0.234. The lowest BCUT2D eigenvalue weighted by atomic mass is 10.0. The van der Waals surface area contributed by atoms with Gasteiger partial charge >= 0.3 is 0 Å². The summed E-state index contributed by atoms with van der Waals surface area (Å²) in [7, 11) is 1.68. The number of anilines is 2. The molecule has 3 aromatic carbocycles. The van der Waals surface area contributed by atoms with Crippen LogP contribution in [0, 0.1) is 13.8 Å². The van der Waals surface area contributed by atoms with Gasteiger partial charge in [0.15, 0.2) is 0 Å². The van der Waals surface area contributed by atoms with Gasteiger partial charge in [-0.25, -0.2) is 0 Å². The van der Waals surface area contributed by atoms with Gasteiger partial charge in [-0.05, 0) is 55.7 Å². The molecule has 0 aromatic heterocycles. The molecule has 0 bridgehead atoms. The maximum Gasteiger partial charge on any atom is 0.254 e. The minimum absolute atomic E-state index is 0.0251. The molecule has 0 radical (unpaired) electrons. The molecular weight excluding hydrogens is 458 g/mol. The largest absolute Gasteiger partial charge is 0.486 e. The van der Waals surface area contributed by atoms with E-state index in [1.54, 1.807) is 19.2 Å². The number of carbonyl (C=O) groups is 1. The fourth-order valence-electron chi connectivity index (χ4n) is 4.70. The molecule has 6 nitrogen and oxygen atoms in total. The first-order valence-corrected chi connectivity index (χ1v) is 12.7. The Hall–Kier alpha value is -3.16. The summed E-state index contributed by atoms with van der Waals surface area (Å²) >= 11 is 1.59. The van der Waals surface area contributed by atoms with E-state index in [1.807, 2.05) is 61.2 Å². The first kappa shape index (κ1) is 23.6. The van der Waals surface area contributed by atoms with Crippen LogP contribution in [0.15, 0.2) is 66.7 Å². The van der Waals surface area contributed by atoms with Crippen LogP contribution in [0.5, 0.6) is 5.75 Å². The van der Waals surface area contributed by atoms with Gasteiger partial charge < -0.3 is 19.1 Å². The van der Waals surface area contributed by atoms with E-state index in [4.69, 9.17) is 9.47 Å². The van der Waals surface area contributed by atoms with Crippen molar-refractivity contribution >= 4 is 29.4 Å². The SMILES string of the molecule is COC1CN(C(=O)c2cc(C)ccc2C)CC1Oc1cccc(NSN2CCc3ccccc32)c1. The van der Waals surface area contributed by atoms with Crippen molar-refractivity contribution in [3.8, 4) is 5.75 Å².